The highest BCUT2D eigenvalue weighted by atomic mass is 127. The molecule has 0 aliphatic rings. The van der Waals surface area contributed by atoms with Gasteiger partial charge in [0.15, 0.2) is 6.61 Å². The molecule has 1 rings (SSSR count). The lowest BCUT2D eigenvalue weighted by molar-refractivity contribution is -0.216. The van der Waals surface area contributed by atoms with Crippen molar-refractivity contribution in [2.45, 2.75) is 12.3 Å². The molecule has 0 bridgehead atoms. The van der Waals surface area contributed by atoms with E-state index >= 15 is 0 Å². The number of rotatable bonds is 6. The number of esters is 2. The normalized spacial score (nSPS) is 13.2. The van der Waals surface area contributed by atoms with Crippen molar-refractivity contribution in [1.82, 2.24) is 0 Å². The second-order valence-electron chi connectivity index (χ2n) is 4.57. The van der Waals surface area contributed by atoms with Crippen LogP contribution in [0.25, 0.3) is 0 Å². The summed E-state index contributed by atoms with van der Waals surface area (Å²) in [4.78, 5) is 23.4. The first-order chi connectivity index (χ1) is 11.7. The van der Waals surface area contributed by atoms with Gasteiger partial charge in [-0.1, -0.05) is 0 Å². The van der Waals surface area contributed by atoms with E-state index in [9.17, 15) is 35.7 Å². The van der Waals surface area contributed by atoms with E-state index in [2.05, 4.69) is 9.47 Å². The summed E-state index contributed by atoms with van der Waals surface area (Å²) in [6.45, 7) is -1.18. The van der Waals surface area contributed by atoms with Crippen LogP contribution in [-0.2, 0) is 24.4 Å². The van der Waals surface area contributed by atoms with E-state index in [1.807, 2.05) is 67.8 Å². The number of halogens is 6. The molecule has 0 aliphatic heterocycles. The van der Waals surface area contributed by atoms with E-state index < -0.39 is 46.7 Å². The molecule has 14 heteroatoms. The van der Waals surface area contributed by atoms with Crippen LogP contribution >= 0.6 is 67.8 Å². The molecule has 0 aliphatic carbocycles. The Kier molecular flexibility index (Phi) is 8.80. The molecule has 0 amide bonds. The highest BCUT2D eigenvalue weighted by Gasteiger charge is 2.44. The third-order valence-corrected chi connectivity index (χ3v) is 6.91. The third kappa shape index (κ3) is 7.97. The van der Waals surface area contributed by atoms with Crippen molar-refractivity contribution in [2.24, 2.45) is 0 Å². The van der Waals surface area contributed by atoms with Crippen LogP contribution in [0.2, 0.25) is 0 Å². The van der Waals surface area contributed by atoms with Gasteiger partial charge in [0.1, 0.15) is 0 Å². The molecule has 1 unspecified atom stereocenters. The minimum Gasteiger partial charge on any atom is -0.748 e. The van der Waals surface area contributed by atoms with Crippen molar-refractivity contribution >= 4 is 89.8 Å². The highest BCUT2D eigenvalue weighted by molar-refractivity contribution is 14.1. The lowest BCUT2D eigenvalue weighted by Crippen LogP contribution is -2.40. The van der Waals surface area contributed by atoms with E-state index in [1.54, 1.807) is 6.07 Å². The predicted molar refractivity (Wildman–Crippen MR) is 105 cm³/mol. The number of carbonyl (C=O) groups is 2. The van der Waals surface area contributed by atoms with Crippen LogP contribution in [0.15, 0.2) is 12.1 Å². The number of ether oxygens (including phenoxy) is 2. The SMILES string of the molecule is O=C(COC(=O)c1cc(I)cc(I)c1I)OC(CS(=O)(=O)[O-])C(F)(F)F. The third-order valence-electron chi connectivity index (χ3n) is 2.53. The maximum Gasteiger partial charge on any atom is 0.426 e. The van der Waals surface area contributed by atoms with Crippen molar-refractivity contribution in [3.8, 4) is 0 Å². The molecule has 0 N–H and O–H groups in total. The number of hydrogen-bond donors (Lipinski definition) is 0. The minimum absolute atomic E-state index is 0.101. The van der Waals surface area contributed by atoms with Gasteiger partial charge in [0.05, 0.1) is 21.4 Å². The quantitative estimate of drug-likeness (QED) is 0.192. The van der Waals surface area contributed by atoms with Crippen LogP contribution in [0, 0.1) is 10.7 Å². The first-order valence-electron chi connectivity index (χ1n) is 6.22. The Hall–Kier alpha value is 0.0500. The Balaban J connectivity index is 2.78. The molecule has 146 valence electrons. The van der Waals surface area contributed by atoms with Gasteiger partial charge in [0, 0.05) is 10.7 Å². The average molecular weight is 733 g/mol. The van der Waals surface area contributed by atoms with E-state index in [0.717, 1.165) is 3.57 Å². The van der Waals surface area contributed by atoms with Crippen LogP contribution in [0.4, 0.5) is 13.2 Å². The van der Waals surface area contributed by atoms with Crippen LogP contribution in [0.5, 0.6) is 0 Å². The van der Waals surface area contributed by atoms with Crippen LogP contribution in [0.1, 0.15) is 10.4 Å². The summed E-state index contributed by atoms with van der Waals surface area (Å²) >= 11 is 5.77. The van der Waals surface area contributed by atoms with Gasteiger partial charge < -0.3 is 14.0 Å². The molecular formula is C12H7F3I3O7S-. The predicted octanol–water partition coefficient (Wildman–Crippen LogP) is 2.68. The summed E-state index contributed by atoms with van der Waals surface area (Å²) in [5.41, 5.74) is 0.101. The minimum atomic E-state index is -5.30. The Bertz CT molecular complexity index is 811. The van der Waals surface area contributed by atoms with E-state index in [1.165, 1.54) is 6.07 Å². The fraction of sp³-hybridized carbons (Fsp3) is 0.333. The Labute approximate surface area is 186 Å². The summed E-state index contributed by atoms with van der Waals surface area (Å²) in [6.07, 6.45) is -8.41. The fourth-order valence-electron chi connectivity index (χ4n) is 1.48. The zero-order chi connectivity index (χ0) is 20.3. The molecule has 26 heavy (non-hydrogen) atoms. The molecule has 7 nitrogen and oxygen atoms in total. The topological polar surface area (TPSA) is 110 Å². The smallest absolute Gasteiger partial charge is 0.426 e. The second-order valence-corrected chi connectivity index (χ2v) is 9.51. The van der Waals surface area contributed by atoms with Crippen molar-refractivity contribution in [1.29, 1.82) is 0 Å². The first kappa shape index (κ1) is 24.1. The summed E-state index contributed by atoms with van der Waals surface area (Å²) in [5, 5.41) is 0. The largest absolute Gasteiger partial charge is 0.748 e. The van der Waals surface area contributed by atoms with Crippen LogP contribution in [0.3, 0.4) is 0 Å². The van der Waals surface area contributed by atoms with Gasteiger partial charge in [-0.15, -0.1) is 0 Å². The molecule has 1 atom stereocenters. The summed E-state index contributed by atoms with van der Waals surface area (Å²) in [7, 11) is -5.30. The van der Waals surface area contributed by atoms with Crippen LogP contribution < -0.4 is 0 Å². The number of carbonyl (C=O) groups excluding carboxylic acids is 2. The van der Waals surface area contributed by atoms with Gasteiger partial charge >= 0.3 is 18.1 Å². The standard InChI is InChI=1S/C12H8F3I3O7S/c13-12(14,15)8(4-26(21,22)23)25-9(19)3-24-11(20)6-1-5(16)2-7(17)10(6)18/h1-2,8H,3-4H2,(H,21,22,23)/p-1. The molecule has 0 saturated carbocycles. The maximum atomic E-state index is 12.6. The molecule has 0 saturated heterocycles. The molecule has 0 fully saturated rings. The van der Waals surface area contributed by atoms with Gasteiger partial charge in [-0.3, -0.25) is 0 Å². The van der Waals surface area contributed by atoms with Gasteiger partial charge in [0.2, 0.25) is 6.10 Å². The lowest BCUT2D eigenvalue weighted by atomic mass is 10.2. The Morgan fingerprint density at radius 1 is 1.19 bits per heavy atom. The molecular weight excluding hydrogens is 726 g/mol. The molecule has 1 aromatic carbocycles. The van der Waals surface area contributed by atoms with Gasteiger partial charge in [-0.2, -0.15) is 13.2 Å². The van der Waals surface area contributed by atoms with Crippen molar-refractivity contribution in [2.75, 3.05) is 12.4 Å². The number of alkyl halides is 3. The van der Waals surface area contributed by atoms with Gasteiger partial charge in [-0.05, 0) is 79.9 Å². The van der Waals surface area contributed by atoms with Crippen molar-refractivity contribution in [3.05, 3.63) is 28.4 Å². The molecule has 0 heterocycles. The lowest BCUT2D eigenvalue weighted by Gasteiger charge is -2.21. The number of benzene rings is 1. The molecule has 0 spiro atoms. The Morgan fingerprint density at radius 2 is 1.77 bits per heavy atom. The number of hydrogen-bond acceptors (Lipinski definition) is 7. The summed E-state index contributed by atoms with van der Waals surface area (Å²) < 4.78 is 79.8. The Morgan fingerprint density at radius 3 is 2.27 bits per heavy atom. The zero-order valence-corrected chi connectivity index (χ0v) is 19.5. The van der Waals surface area contributed by atoms with E-state index in [4.69, 9.17) is 0 Å². The van der Waals surface area contributed by atoms with E-state index in [-0.39, 0.29) is 5.56 Å². The van der Waals surface area contributed by atoms with Crippen molar-refractivity contribution in [3.63, 3.8) is 0 Å². The highest BCUT2D eigenvalue weighted by Crippen LogP contribution is 2.25. The molecule has 1 aromatic rings. The maximum absolute atomic E-state index is 12.6. The van der Waals surface area contributed by atoms with Crippen LogP contribution in [-0.4, -0.2) is 49.5 Å². The first-order valence-corrected chi connectivity index (χ1v) is 11.0. The van der Waals surface area contributed by atoms with Crippen molar-refractivity contribution < 1.29 is 45.2 Å². The monoisotopic (exact) mass is 733 g/mol. The van der Waals surface area contributed by atoms with Gasteiger partial charge in [0.25, 0.3) is 0 Å². The molecule has 0 radical (unpaired) electrons. The van der Waals surface area contributed by atoms with Gasteiger partial charge in [-0.25, -0.2) is 18.0 Å². The fourth-order valence-corrected chi connectivity index (χ4v) is 4.48. The summed E-state index contributed by atoms with van der Waals surface area (Å²) in [6, 6.07) is 3.23. The molecule has 0 aromatic heterocycles. The zero-order valence-electron chi connectivity index (χ0n) is 12.2. The summed E-state index contributed by atoms with van der Waals surface area (Å²) in [5.74, 6) is -4.58. The average Bonchev–Trinajstić information content (AvgIpc) is 2.45. The second kappa shape index (κ2) is 9.50. The van der Waals surface area contributed by atoms with E-state index in [0.29, 0.717) is 7.14 Å².